The number of benzene rings is 1. The maximum Gasteiger partial charge on any atom is 0.141 e. The van der Waals surface area contributed by atoms with E-state index in [9.17, 15) is 4.39 Å². The molecule has 1 saturated carbocycles. The molecule has 0 bridgehead atoms. The average molecular weight is 344 g/mol. The highest BCUT2D eigenvalue weighted by Crippen LogP contribution is 2.43. The summed E-state index contributed by atoms with van der Waals surface area (Å²) >= 11 is 3.29. The Morgan fingerprint density at radius 2 is 2.20 bits per heavy atom. The van der Waals surface area contributed by atoms with Gasteiger partial charge in [0, 0.05) is 17.7 Å². The van der Waals surface area contributed by atoms with E-state index in [-0.39, 0.29) is 11.9 Å². The number of nitrogens with one attached hydrogen (secondary N) is 1. The minimum atomic E-state index is -0.277. The molecule has 0 aromatic heterocycles. The van der Waals surface area contributed by atoms with Crippen molar-refractivity contribution in [2.45, 2.75) is 39.2 Å². The van der Waals surface area contributed by atoms with E-state index >= 15 is 0 Å². The number of hydrogen-bond donors (Lipinski definition) is 1. The van der Waals surface area contributed by atoms with Gasteiger partial charge in [-0.15, -0.1) is 0 Å². The summed E-state index contributed by atoms with van der Waals surface area (Å²) in [5, 5.41) is 3.57. The Hall–Kier alpha value is -0.610. The molecule has 0 radical (unpaired) electrons. The molecule has 3 atom stereocenters. The summed E-state index contributed by atoms with van der Waals surface area (Å²) in [6, 6.07) is 3.57. The van der Waals surface area contributed by atoms with Crippen LogP contribution in [0.1, 0.15) is 44.7 Å². The van der Waals surface area contributed by atoms with Crippen LogP contribution < -0.4 is 10.1 Å². The molecule has 1 aliphatic carbocycles. The predicted octanol–water partition coefficient (Wildman–Crippen LogP) is 4.68. The third-order valence-electron chi connectivity index (χ3n) is 4.39. The minimum Gasteiger partial charge on any atom is -0.496 e. The number of ether oxygens (including phenoxy) is 1. The lowest BCUT2D eigenvalue weighted by Crippen LogP contribution is -2.30. The fourth-order valence-corrected chi connectivity index (χ4v) is 3.71. The standard InChI is InChI=1S/C16H23BrFNO/c1-4-19-16(11-7-5-6-10(11)2)12-8-13(17)14(18)9-15(12)20-3/h8-11,16,19H,4-7H2,1-3H3. The van der Waals surface area contributed by atoms with E-state index in [0.717, 1.165) is 12.1 Å². The zero-order valence-electron chi connectivity index (χ0n) is 12.4. The van der Waals surface area contributed by atoms with Crippen LogP contribution in [-0.4, -0.2) is 13.7 Å². The fourth-order valence-electron chi connectivity index (χ4n) is 3.34. The Bertz CT molecular complexity index is 466. The van der Waals surface area contributed by atoms with Gasteiger partial charge < -0.3 is 10.1 Å². The van der Waals surface area contributed by atoms with E-state index in [1.807, 2.05) is 6.07 Å². The molecule has 1 aromatic carbocycles. The van der Waals surface area contributed by atoms with E-state index in [1.54, 1.807) is 7.11 Å². The van der Waals surface area contributed by atoms with E-state index in [4.69, 9.17) is 4.74 Å². The molecule has 1 fully saturated rings. The quantitative estimate of drug-likeness (QED) is 0.837. The Kier molecular flexibility index (Phi) is 5.44. The molecular formula is C16H23BrFNO. The summed E-state index contributed by atoms with van der Waals surface area (Å²) in [7, 11) is 1.60. The summed E-state index contributed by atoms with van der Waals surface area (Å²) in [5.41, 5.74) is 1.06. The zero-order valence-corrected chi connectivity index (χ0v) is 14.0. The average Bonchev–Trinajstić information content (AvgIpc) is 2.85. The molecule has 112 valence electrons. The largest absolute Gasteiger partial charge is 0.496 e. The molecule has 0 heterocycles. The van der Waals surface area contributed by atoms with Gasteiger partial charge in [-0.3, -0.25) is 0 Å². The van der Waals surface area contributed by atoms with E-state index in [2.05, 4.69) is 35.1 Å². The minimum absolute atomic E-state index is 0.226. The maximum absolute atomic E-state index is 13.7. The lowest BCUT2D eigenvalue weighted by Gasteiger charge is -2.29. The molecule has 0 saturated heterocycles. The first-order valence-corrected chi connectivity index (χ1v) is 8.14. The molecule has 20 heavy (non-hydrogen) atoms. The van der Waals surface area contributed by atoms with Crippen LogP contribution in [0.4, 0.5) is 4.39 Å². The number of hydrogen-bond acceptors (Lipinski definition) is 2. The van der Waals surface area contributed by atoms with Gasteiger partial charge in [0.2, 0.25) is 0 Å². The summed E-state index contributed by atoms with van der Waals surface area (Å²) in [5.74, 6) is 1.63. The molecule has 3 unspecified atom stereocenters. The topological polar surface area (TPSA) is 21.3 Å². The van der Waals surface area contributed by atoms with Crippen LogP contribution in [0, 0.1) is 17.7 Å². The van der Waals surface area contributed by atoms with Gasteiger partial charge in [-0.05, 0) is 46.8 Å². The Labute approximate surface area is 129 Å². The summed E-state index contributed by atoms with van der Waals surface area (Å²) < 4.78 is 19.6. The summed E-state index contributed by atoms with van der Waals surface area (Å²) in [6.07, 6.45) is 3.77. The van der Waals surface area contributed by atoms with Crippen LogP contribution in [0.15, 0.2) is 16.6 Å². The lowest BCUT2D eigenvalue weighted by atomic mass is 9.85. The van der Waals surface area contributed by atoms with Gasteiger partial charge >= 0.3 is 0 Å². The highest BCUT2D eigenvalue weighted by Gasteiger charge is 2.33. The molecule has 0 aliphatic heterocycles. The number of rotatable bonds is 5. The predicted molar refractivity (Wildman–Crippen MR) is 83.6 cm³/mol. The van der Waals surface area contributed by atoms with Crippen molar-refractivity contribution in [3.8, 4) is 5.75 Å². The monoisotopic (exact) mass is 343 g/mol. The van der Waals surface area contributed by atoms with Crippen molar-refractivity contribution in [1.29, 1.82) is 0 Å². The Balaban J connectivity index is 2.40. The highest BCUT2D eigenvalue weighted by molar-refractivity contribution is 9.10. The van der Waals surface area contributed by atoms with Gasteiger partial charge in [0.25, 0.3) is 0 Å². The maximum atomic E-state index is 13.7. The van der Waals surface area contributed by atoms with Gasteiger partial charge in [-0.25, -0.2) is 4.39 Å². The molecule has 1 aromatic rings. The van der Waals surface area contributed by atoms with Crippen LogP contribution >= 0.6 is 15.9 Å². The highest BCUT2D eigenvalue weighted by atomic mass is 79.9. The second-order valence-corrected chi connectivity index (χ2v) is 6.47. The molecule has 1 N–H and O–H groups in total. The molecule has 0 amide bonds. The summed E-state index contributed by atoms with van der Waals surface area (Å²) in [4.78, 5) is 0. The third kappa shape index (κ3) is 3.17. The van der Waals surface area contributed by atoms with Gasteiger partial charge in [0.15, 0.2) is 0 Å². The van der Waals surface area contributed by atoms with Gasteiger partial charge in [-0.1, -0.05) is 26.7 Å². The zero-order chi connectivity index (χ0) is 14.7. The van der Waals surface area contributed by atoms with E-state index < -0.39 is 0 Å². The number of methoxy groups -OCH3 is 1. The van der Waals surface area contributed by atoms with Crippen molar-refractivity contribution < 1.29 is 9.13 Å². The first-order valence-electron chi connectivity index (χ1n) is 7.34. The van der Waals surface area contributed by atoms with E-state index in [1.165, 1.54) is 25.3 Å². The van der Waals surface area contributed by atoms with Crippen molar-refractivity contribution in [3.63, 3.8) is 0 Å². The van der Waals surface area contributed by atoms with Gasteiger partial charge in [0.1, 0.15) is 11.6 Å². The fraction of sp³-hybridized carbons (Fsp3) is 0.625. The molecular weight excluding hydrogens is 321 g/mol. The molecule has 4 heteroatoms. The van der Waals surface area contributed by atoms with Crippen LogP contribution in [0.25, 0.3) is 0 Å². The first-order chi connectivity index (χ1) is 9.58. The van der Waals surface area contributed by atoms with Crippen molar-refractivity contribution in [3.05, 3.63) is 28.0 Å². The van der Waals surface area contributed by atoms with Crippen molar-refractivity contribution in [2.24, 2.45) is 11.8 Å². The normalized spacial score (nSPS) is 23.9. The first kappa shape index (κ1) is 15.8. The van der Waals surface area contributed by atoms with Crippen LogP contribution in [-0.2, 0) is 0 Å². The Morgan fingerprint density at radius 3 is 2.75 bits per heavy atom. The second kappa shape index (κ2) is 6.90. The molecule has 2 rings (SSSR count). The second-order valence-electron chi connectivity index (χ2n) is 5.62. The summed E-state index contributed by atoms with van der Waals surface area (Å²) in [6.45, 7) is 5.32. The molecule has 0 spiro atoms. The van der Waals surface area contributed by atoms with Gasteiger partial charge in [-0.2, -0.15) is 0 Å². The molecule has 2 nitrogen and oxygen atoms in total. The van der Waals surface area contributed by atoms with Crippen LogP contribution in [0.3, 0.4) is 0 Å². The van der Waals surface area contributed by atoms with Gasteiger partial charge in [0.05, 0.1) is 11.6 Å². The van der Waals surface area contributed by atoms with Crippen LogP contribution in [0.2, 0.25) is 0 Å². The SMILES string of the molecule is CCNC(c1cc(Br)c(F)cc1OC)C1CCCC1C. The molecule has 1 aliphatic rings. The lowest BCUT2D eigenvalue weighted by molar-refractivity contribution is 0.295. The van der Waals surface area contributed by atoms with E-state index in [0.29, 0.717) is 22.1 Å². The smallest absolute Gasteiger partial charge is 0.141 e. The van der Waals surface area contributed by atoms with Crippen molar-refractivity contribution in [1.82, 2.24) is 5.32 Å². The van der Waals surface area contributed by atoms with Crippen LogP contribution in [0.5, 0.6) is 5.75 Å². The van der Waals surface area contributed by atoms with Crippen molar-refractivity contribution >= 4 is 15.9 Å². The third-order valence-corrected chi connectivity index (χ3v) is 5.00. The Morgan fingerprint density at radius 1 is 1.45 bits per heavy atom. The van der Waals surface area contributed by atoms with Crippen molar-refractivity contribution in [2.75, 3.05) is 13.7 Å². The number of halogens is 2.